The van der Waals surface area contributed by atoms with Gasteiger partial charge in [0.15, 0.2) is 4.71 Å². The van der Waals surface area contributed by atoms with Crippen LogP contribution in [0.4, 0.5) is 13.2 Å². The number of carbonyl (C=O) groups excluding carboxylic acids is 1. The van der Waals surface area contributed by atoms with Crippen LogP contribution in [-0.4, -0.2) is 36.3 Å². The molecule has 14 heavy (non-hydrogen) atoms. The lowest BCUT2D eigenvalue weighted by atomic mass is 10.5. The molecule has 2 N–H and O–H groups in total. The molecule has 0 saturated heterocycles. The Hall–Kier alpha value is -0.540. The molecular formula is C4H5ClF3NO4S. The zero-order chi connectivity index (χ0) is 11.6. The van der Waals surface area contributed by atoms with Gasteiger partial charge < -0.3 is 5.32 Å². The van der Waals surface area contributed by atoms with Crippen LogP contribution in [0.15, 0.2) is 0 Å². The Morgan fingerprint density at radius 2 is 1.93 bits per heavy atom. The number of carbonyl (C=O) groups is 1. The lowest BCUT2D eigenvalue weighted by Gasteiger charge is -2.09. The third kappa shape index (κ3) is 4.63. The first kappa shape index (κ1) is 13.5. The number of hydrogen-bond acceptors (Lipinski definition) is 3. The van der Waals surface area contributed by atoms with Crippen molar-refractivity contribution in [1.82, 2.24) is 5.32 Å². The van der Waals surface area contributed by atoms with Gasteiger partial charge in [-0.05, 0) is 0 Å². The molecule has 0 bridgehead atoms. The summed E-state index contributed by atoms with van der Waals surface area (Å²) in [5.74, 6) is -2.33. The van der Waals surface area contributed by atoms with E-state index in [1.165, 1.54) is 5.32 Å². The fraction of sp³-hybridized carbons (Fsp3) is 0.750. The van der Waals surface area contributed by atoms with Crippen molar-refractivity contribution in [3.8, 4) is 0 Å². The second-order valence-electron chi connectivity index (χ2n) is 2.13. The average molecular weight is 256 g/mol. The summed E-state index contributed by atoms with van der Waals surface area (Å²) in [5, 5.41) is 1.19. The number of rotatable bonds is 3. The summed E-state index contributed by atoms with van der Waals surface area (Å²) in [6.07, 6.45) is -5.12. The summed E-state index contributed by atoms with van der Waals surface area (Å²) < 4.78 is 61.2. The van der Waals surface area contributed by atoms with Gasteiger partial charge in [-0.3, -0.25) is 9.35 Å². The minimum atomic E-state index is -5.12. The Kier molecular flexibility index (Phi) is 4.15. The van der Waals surface area contributed by atoms with Gasteiger partial charge in [0.25, 0.3) is 10.1 Å². The van der Waals surface area contributed by atoms with Crippen LogP contribution in [0.5, 0.6) is 0 Å². The van der Waals surface area contributed by atoms with Crippen LogP contribution in [0.25, 0.3) is 0 Å². The van der Waals surface area contributed by atoms with Crippen molar-refractivity contribution in [2.45, 2.75) is 10.9 Å². The predicted molar refractivity (Wildman–Crippen MR) is 40.3 cm³/mol. The van der Waals surface area contributed by atoms with Gasteiger partial charge in [0.05, 0.1) is 6.54 Å². The highest BCUT2D eigenvalue weighted by atomic mass is 35.5. The van der Waals surface area contributed by atoms with Gasteiger partial charge in [-0.15, -0.1) is 11.6 Å². The van der Waals surface area contributed by atoms with E-state index in [1.54, 1.807) is 0 Å². The van der Waals surface area contributed by atoms with Crippen LogP contribution >= 0.6 is 11.6 Å². The first-order chi connectivity index (χ1) is 6.05. The van der Waals surface area contributed by atoms with E-state index in [-0.39, 0.29) is 0 Å². The van der Waals surface area contributed by atoms with Gasteiger partial charge in [0, 0.05) is 0 Å². The van der Waals surface area contributed by atoms with Crippen molar-refractivity contribution in [2.75, 3.05) is 6.54 Å². The predicted octanol–water partition coefficient (Wildman–Crippen LogP) is 0.118. The SMILES string of the molecule is O=C(NCC(Cl)S(=O)(=O)O)C(F)(F)F. The second kappa shape index (κ2) is 4.32. The summed E-state index contributed by atoms with van der Waals surface area (Å²) in [6.45, 7) is -1.03. The molecule has 0 aliphatic rings. The first-order valence-corrected chi connectivity index (χ1v) is 4.94. The fourth-order valence-electron chi connectivity index (χ4n) is 0.378. The van der Waals surface area contributed by atoms with Crippen molar-refractivity contribution in [2.24, 2.45) is 0 Å². The first-order valence-electron chi connectivity index (χ1n) is 3.00. The molecule has 0 aromatic heterocycles. The smallest absolute Gasteiger partial charge is 0.346 e. The maximum absolute atomic E-state index is 11.5. The quantitative estimate of drug-likeness (QED) is 0.554. The Labute approximate surface area is 82.0 Å². The molecule has 0 aromatic carbocycles. The fourth-order valence-corrected chi connectivity index (χ4v) is 0.750. The highest BCUT2D eigenvalue weighted by Crippen LogP contribution is 2.14. The third-order valence-electron chi connectivity index (χ3n) is 1.00. The van der Waals surface area contributed by atoms with E-state index >= 15 is 0 Å². The van der Waals surface area contributed by atoms with Crippen LogP contribution in [0, 0.1) is 0 Å². The van der Waals surface area contributed by atoms with Gasteiger partial charge >= 0.3 is 12.1 Å². The normalized spacial score (nSPS) is 14.9. The highest BCUT2D eigenvalue weighted by molar-refractivity contribution is 7.87. The van der Waals surface area contributed by atoms with Crippen molar-refractivity contribution in [1.29, 1.82) is 0 Å². The van der Waals surface area contributed by atoms with Crippen molar-refractivity contribution < 1.29 is 30.9 Å². The van der Waals surface area contributed by atoms with E-state index < -0.39 is 33.5 Å². The van der Waals surface area contributed by atoms with Crippen LogP contribution in [0.1, 0.15) is 0 Å². The molecular weight excluding hydrogens is 251 g/mol. The largest absolute Gasteiger partial charge is 0.471 e. The van der Waals surface area contributed by atoms with Crippen LogP contribution in [0.3, 0.4) is 0 Å². The molecule has 0 radical (unpaired) electrons. The van der Waals surface area contributed by atoms with Crippen molar-refractivity contribution in [3.63, 3.8) is 0 Å². The maximum atomic E-state index is 11.5. The van der Waals surface area contributed by atoms with E-state index in [4.69, 9.17) is 16.2 Å². The minimum absolute atomic E-state index is 1.03. The van der Waals surface area contributed by atoms with Gasteiger partial charge in [-0.2, -0.15) is 21.6 Å². The molecule has 0 fully saturated rings. The van der Waals surface area contributed by atoms with E-state index in [2.05, 4.69) is 0 Å². The lowest BCUT2D eigenvalue weighted by Crippen LogP contribution is -2.41. The molecule has 5 nitrogen and oxygen atoms in total. The molecule has 0 rings (SSSR count). The van der Waals surface area contributed by atoms with Gasteiger partial charge in [0.1, 0.15) is 0 Å². The molecule has 1 atom stereocenters. The van der Waals surface area contributed by atoms with Gasteiger partial charge in [-0.1, -0.05) is 0 Å². The van der Waals surface area contributed by atoms with E-state index in [0.717, 1.165) is 0 Å². The van der Waals surface area contributed by atoms with Crippen molar-refractivity contribution in [3.05, 3.63) is 0 Å². The van der Waals surface area contributed by atoms with E-state index in [9.17, 15) is 26.4 Å². The van der Waals surface area contributed by atoms with Gasteiger partial charge in [-0.25, -0.2) is 0 Å². The zero-order valence-corrected chi connectivity index (χ0v) is 7.95. The Bertz CT molecular complexity index is 313. The maximum Gasteiger partial charge on any atom is 0.471 e. The topological polar surface area (TPSA) is 83.5 Å². The Morgan fingerprint density at radius 3 is 2.21 bits per heavy atom. The Morgan fingerprint density at radius 1 is 1.50 bits per heavy atom. The molecule has 0 aliphatic carbocycles. The number of nitrogens with one attached hydrogen (secondary N) is 1. The average Bonchev–Trinajstić information content (AvgIpc) is 1.95. The molecule has 1 amide bonds. The molecule has 0 aliphatic heterocycles. The number of alkyl halides is 4. The minimum Gasteiger partial charge on any atom is -0.346 e. The van der Waals surface area contributed by atoms with Crippen LogP contribution < -0.4 is 5.32 Å². The third-order valence-corrected chi connectivity index (χ3v) is 2.65. The number of halogens is 4. The molecule has 0 heterocycles. The Balaban J connectivity index is 4.16. The number of hydrogen-bond donors (Lipinski definition) is 2. The zero-order valence-electron chi connectivity index (χ0n) is 6.38. The van der Waals surface area contributed by atoms with E-state index in [1.807, 2.05) is 0 Å². The van der Waals surface area contributed by atoms with Crippen molar-refractivity contribution >= 4 is 27.6 Å². The van der Waals surface area contributed by atoms with Gasteiger partial charge in [0.2, 0.25) is 0 Å². The van der Waals surface area contributed by atoms with Crippen LogP contribution in [-0.2, 0) is 14.9 Å². The standard InChI is InChI=1S/C4H5ClF3NO4S/c5-2(14(11,12)13)1-9-3(10)4(6,7)8/h2H,1H2,(H,9,10)(H,11,12,13). The van der Waals surface area contributed by atoms with E-state index in [0.29, 0.717) is 0 Å². The number of amides is 1. The molecule has 0 spiro atoms. The highest BCUT2D eigenvalue weighted by Gasteiger charge is 2.39. The summed E-state index contributed by atoms with van der Waals surface area (Å²) in [5.41, 5.74) is 0. The molecule has 84 valence electrons. The molecule has 0 aromatic rings. The summed E-state index contributed by atoms with van der Waals surface area (Å²) in [4.78, 5) is 10.1. The summed E-state index contributed by atoms with van der Waals surface area (Å²) in [7, 11) is -4.66. The monoisotopic (exact) mass is 255 g/mol. The van der Waals surface area contributed by atoms with Crippen LogP contribution in [0.2, 0.25) is 0 Å². The lowest BCUT2D eigenvalue weighted by molar-refractivity contribution is -0.173. The summed E-state index contributed by atoms with van der Waals surface area (Å²) in [6, 6.07) is 0. The molecule has 0 saturated carbocycles. The summed E-state index contributed by atoms with van der Waals surface area (Å²) >= 11 is 4.93. The molecule has 10 heteroatoms. The second-order valence-corrected chi connectivity index (χ2v) is 4.52. The molecule has 1 unspecified atom stereocenters.